The molecule has 0 spiro atoms. The summed E-state index contributed by atoms with van der Waals surface area (Å²) < 4.78 is 54.4. The van der Waals surface area contributed by atoms with Crippen molar-refractivity contribution >= 4 is 34.6 Å². The number of nitrogens with zero attached hydrogens (tertiary/aromatic N) is 1. The van der Waals surface area contributed by atoms with Gasteiger partial charge in [0.2, 0.25) is 0 Å². The first-order valence-electron chi connectivity index (χ1n) is 10.6. The van der Waals surface area contributed by atoms with Crippen molar-refractivity contribution in [3.05, 3.63) is 64.4 Å². The molecule has 2 aromatic carbocycles. The van der Waals surface area contributed by atoms with Crippen LogP contribution in [0.25, 0.3) is 0 Å². The smallest absolute Gasteiger partial charge is 0.341 e. The number of piperidine rings is 1. The first-order chi connectivity index (χ1) is 15.2. The highest BCUT2D eigenvalue weighted by Crippen LogP contribution is 2.37. The van der Waals surface area contributed by atoms with Crippen LogP contribution in [-0.2, 0) is 12.7 Å². The van der Waals surface area contributed by atoms with Crippen molar-refractivity contribution in [2.45, 2.75) is 70.4 Å². The summed E-state index contributed by atoms with van der Waals surface area (Å²) in [5.74, 6) is -0.358. The highest BCUT2D eigenvalue weighted by atomic mass is 35.5. The lowest BCUT2D eigenvalue weighted by molar-refractivity contribution is -0.137. The van der Waals surface area contributed by atoms with Crippen molar-refractivity contribution in [2.75, 3.05) is 5.32 Å². The summed E-state index contributed by atoms with van der Waals surface area (Å²) in [6.07, 6.45) is -3.14. The van der Waals surface area contributed by atoms with Crippen LogP contribution in [0.4, 0.5) is 23.2 Å². The van der Waals surface area contributed by atoms with Gasteiger partial charge in [0.1, 0.15) is 5.82 Å². The predicted octanol–water partition coefficient (Wildman–Crippen LogP) is 7.01. The minimum atomic E-state index is -4.59. The van der Waals surface area contributed by atoms with E-state index in [2.05, 4.69) is 38.3 Å². The van der Waals surface area contributed by atoms with Crippen molar-refractivity contribution in [3.63, 3.8) is 0 Å². The van der Waals surface area contributed by atoms with Gasteiger partial charge in [-0.05, 0) is 77.0 Å². The molecule has 0 aromatic heterocycles. The number of halogens is 5. The molecule has 3 nitrogen and oxygen atoms in total. The van der Waals surface area contributed by atoms with Crippen LogP contribution in [0, 0.1) is 5.82 Å². The van der Waals surface area contributed by atoms with E-state index in [1.165, 1.54) is 18.2 Å². The number of alkyl halides is 3. The topological polar surface area (TPSA) is 27.3 Å². The molecule has 1 aliphatic rings. The minimum Gasteiger partial charge on any atom is -0.341 e. The van der Waals surface area contributed by atoms with Gasteiger partial charge in [-0.25, -0.2) is 4.39 Å². The Bertz CT molecular complexity index is 1010. The largest absolute Gasteiger partial charge is 0.417 e. The molecule has 1 aliphatic heterocycles. The minimum absolute atomic E-state index is 0.0646. The molecule has 0 saturated carbocycles. The van der Waals surface area contributed by atoms with Crippen LogP contribution in [-0.4, -0.2) is 27.1 Å². The molecule has 3 rings (SSSR count). The molecule has 0 unspecified atom stereocenters. The fourth-order valence-corrected chi connectivity index (χ4v) is 5.24. The Morgan fingerprint density at radius 3 is 2.30 bits per heavy atom. The van der Waals surface area contributed by atoms with E-state index in [0.29, 0.717) is 5.56 Å². The summed E-state index contributed by atoms with van der Waals surface area (Å²) in [4.78, 5) is 1.87. The number of rotatable bonds is 4. The lowest BCUT2D eigenvalue weighted by atomic mass is 9.79. The Morgan fingerprint density at radius 2 is 1.73 bits per heavy atom. The van der Waals surface area contributed by atoms with E-state index in [0.717, 1.165) is 18.9 Å². The number of anilines is 1. The van der Waals surface area contributed by atoms with Gasteiger partial charge in [-0.1, -0.05) is 29.8 Å². The Hall–Kier alpha value is -1.90. The van der Waals surface area contributed by atoms with Crippen LogP contribution in [0.1, 0.15) is 51.7 Å². The van der Waals surface area contributed by atoms with Crippen LogP contribution in [0.2, 0.25) is 5.02 Å². The van der Waals surface area contributed by atoms with Gasteiger partial charge in [-0.3, -0.25) is 0 Å². The maximum absolute atomic E-state index is 14.5. The van der Waals surface area contributed by atoms with E-state index in [1.54, 1.807) is 18.2 Å². The summed E-state index contributed by atoms with van der Waals surface area (Å²) >= 11 is 11.4. The van der Waals surface area contributed by atoms with Crippen molar-refractivity contribution in [3.8, 4) is 0 Å². The maximum Gasteiger partial charge on any atom is 0.417 e. The fourth-order valence-electron chi connectivity index (χ4n) is 4.68. The molecule has 2 N–H and O–H groups in total. The fraction of sp³-hybridized carbons (Fsp3) is 0.458. The van der Waals surface area contributed by atoms with Crippen molar-refractivity contribution in [1.29, 1.82) is 0 Å². The number of nitrogens with one attached hydrogen (secondary N) is 2. The van der Waals surface area contributed by atoms with Gasteiger partial charge < -0.3 is 15.5 Å². The number of benzene rings is 2. The number of thiocarbonyl (C=S) groups is 1. The van der Waals surface area contributed by atoms with Gasteiger partial charge in [0.05, 0.1) is 10.6 Å². The third-order valence-electron chi connectivity index (χ3n) is 5.69. The summed E-state index contributed by atoms with van der Waals surface area (Å²) in [6.45, 7) is 8.55. The zero-order valence-electron chi connectivity index (χ0n) is 19.0. The van der Waals surface area contributed by atoms with Gasteiger partial charge in [-0.15, -0.1) is 0 Å². The molecular formula is C24H28ClF4N3S. The predicted molar refractivity (Wildman–Crippen MR) is 129 cm³/mol. The molecule has 0 radical (unpaired) electrons. The molecule has 9 heteroatoms. The molecule has 1 heterocycles. The average molecular weight is 502 g/mol. The zero-order valence-corrected chi connectivity index (χ0v) is 20.6. The van der Waals surface area contributed by atoms with Gasteiger partial charge in [-0.2, -0.15) is 13.2 Å². The second-order valence-corrected chi connectivity index (χ2v) is 10.6. The molecule has 0 amide bonds. The third-order valence-corrected chi connectivity index (χ3v) is 6.36. The molecule has 33 heavy (non-hydrogen) atoms. The van der Waals surface area contributed by atoms with E-state index in [-0.39, 0.29) is 45.3 Å². The van der Waals surface area contributed by atoms with Crippen LogP contribution in [0.5, 0.6) is 0 Å². The van der Waals surface area contributed by atoms with E-state index in [4.69, 9.17) is 23.8 Å². The quantitative estimate of drug-likeness (QED) is 0.348. The zero-order chi connectivity index (χ0) is 24.6. The van der Waals surface area contributed by atoms with E-state index in [9.17, 15) is 17.6 Å². The Balaban J connectivity index is 1.94. The van der Waals surface area contributed by atoms with Crippen molar-refractivity contribution < 1.29 is 17.6 Å². The summed E-state index contributed by atoms with van der Waals surface area (Å²) in [5.41, 5.74) is -0.731. The number of hydrogen-bond acceptors (Lipinski definition) is 2. The lowest BCUT2D eigenvalue weighted by Gasteiger charge is -2.50. The molecule has 180 valence electrons. The van der Waals surface area contributed by atoms with E-state index in [1.807, 2.05) is 4.90 Å². The van der Waals surface area contributed by atoms with Gasteiger partial charge in [0, 0.05) is 34.9 Å². The summed E-state index contributed by atoms with van der Waals surface area (Å²) in [5, 5.41) is 6.38. The SMILES string of the molecule is CC1(C)CC(N(Cc2ccccc2F)C(=S)Nc2ccc(Cl)c(C(F)(F)F)c2)CC(C)(C)N1. The average Bonchev–Trinajstić information content (AvgIpc) is 2.65. The molecule has 0 atom stereocenters. The van der Waals surface area contributed by atoms with Crippen molar-refractivity contribution in [1.82, 2.24) is 10.2 Å². The lowest BCUT2D eigenvalue weighted by Crippen LogP contribution is -2.63. The van der Waals surface area contributed by atoms with Gasteiger partial charge in [0.15, 0.2) is 5.11 Å². The third kappa shape index (κ3) is 6.58. The standard InChI is InChI=1S/C24H28ClF4N3S/c1-22(2)12-17(13-23(3,4)31-22)32(14-15-7-5-6-8-20(15)26)21(33)30-16-9-10-19(25)18(11-16)24(27,28)29/h5-11,17,31H,12-14H2,1-4H3,(H,30,33). The molecule has 2 aromatic rings. The number of hydrogen-bond donors (Lipinski definition) is 2. The molecule has 1 fully saturated rings. The van der Waals surface area contributed by atoms with E-state index >= 15 is 0 Å². The van der Waals surface area contributed by atoms with E-state index < -0.39 is 11.7 Å². The maximum atomic E-state index is 14.5. The van der Waals surface area contributed by atoms with Gasteiger partial charge >= 0.3 is 6.18 Å². The van der Waals surface area contributed by atoms with Gasteiger partial charge in [0.25, 0.3) is 0 Å². The Morgan fingerprint density at radius 1 is 1.12 bits per heavy atom. The normalized spacial score (nSPS) is 18.1. The van der Waals surface area contributed by atoms with Crippen LogP contribution in [0.3, 0.4) is 0 Å². The molecule has 0 aliphatic carbocycles. The summed E-state index contributed by atoms with van der Waals surface area (Å²) in [6, 6.07) is 9.94. The molecule has 0 bridgehead atoms. The van der Waals surface area contributed by atoms with Crippen molar-refractivity contribution in [2.24, 2.45) is 0 Å². The first-order valence-corrected chi connectivity index (χ1v) is 11.4. The highest BCUT2D eigenvalue weighted by molar-refractivity contribution is 7.80. The molecular weight excluding hydrogens is 474 g/mol. The first kappa shape index (κ1) is 25.7. The van der Waals surface area contributed by atoms with Crippen LogP contribution < -0.4 is 10.6 Å². The second-order valence-electron chi connectivity index (χ2n) is 9.80. The summed E-state index contributed by atoms with van der Waals surface area (Å²) in [7, 11) is 0. The highest BCUT2D eigenvalue weighted by Gasteiger charge is 2.41. The Labute approximate surface area is 202 Å². The second kappa shape index (κ2) is 9.39. The van der Waals surface area contributed by atoms with Crippen LogP contribution >= 0.6 is 23.8 Å². The van der Waals surface area contributed by atoms with Crippen LogP contribution in [0.15, 0.2) is 42.5 Å². The molecule has 1 saturated heterocycles. The Kier molecular flexibility index (Phi) is 7.32. The monoisotopic (exact) mass is 501 g/mol.